The van der Waals surface area contributed by atoms with Gasteiger partial charge in [-0.05, 0) is 6.07 Å². The summed E-state index contributed by atoms with van der Waals surface area (Å²) in [5.41, 5.74) is 6.45. The molecule has 0 aliphatic rings. The molecule has 0 saturated carbocycles. The number of aryl methyl sites for hydroxylation is 1. The molecular weight excluding hydrogens is 192 g/mol. The van der Waals surface area contributed by atoms with Crippen LogP contribution in [0.3, 0.4) is 0 Å². The third-order valence-electron chi connectivity index (χ3n) is 1.57. The van der Waals surface area contributed by atoms with Crippen LogP contribution in [0.1, 0.15) is 16.1 Å². The van der Waals surface area contributed by atoms with Gasteiger partial charge in [0.1, 0.15) is 5.56 Å². The number of nitrogen functional groups attached to an aromatic ring is 1. The Morgan fingerprint density at radius 3 is 2.85 bits per heavy atom. The number of carboxylic acids is 1. The van der Waals surface area contributed by atoms with Crippen molar-refractivity contribution >= 4 is 23.3 Å². The zero-order valence-corrected chi connectivity index (χ0v) is 7.58. The van der Waals surface area contributed by atoms with Gasteiger partial charge >= 0.3 is 5.97 Å². The number of rotatable bonds is 3. The van der Waals surface area contributed by atoms with Gasteiger partial charge in [-0.3, -0.25) is 4.98 Å². The van der Waals surface area contributed by atoms with Gasteiger partial charge in [0.05, 0.1) is 0 Å². The lowest BCUT2D eigenvalue weighted by Crippen LogP contribution is -2.05. The van der Waals surface area contributed by atoms with E-state index in [4.69, 9.17) is 22.4 Å². The molecule has 1 aromatic heterocycles. The Hall–Kier alpha value is -1.29. The predicted octanol–water partition coefficient (Wildman–Crippen LogP) is 1.14. The SMILES string of the molecule is Nc1cc(CCCl)ncc1C(=O)O. The van der Waals surface area contributed by atoms with Gasteiger partial charge in [-0.25, -0.2) is 4.79 Å². The first-order valence-corrected chi connectivity index (χ1v) is 4.22. The first-order chi connectivity index (χ1) is 6.15. The molecule has 0 saturated heterocycles. The average molecular weight is 201 g/mol. The molecule has 4 nitrogen and oxygen atoms in total. The highest BCUT2D eigenvalue weighted by atomic mass is 35.5. The first-order valence-electron chi connectivity index (χ1n) is 3.69. The number of alkyl halides is 1. The zero-order valence-electron chi connectivity index (χ0n) is 6.83. The highest BCUT2D eigenvalue weighted by Crippen LogP contribution is 2.12. The smallest absolute Gasteiger partial charge is 0.339 e. The zero-order chi connectivity index (χ0) is 9.84. The molecule has 0 unspecified atom stereocenters. The van der Waals surface area contributed by atoms with Crippen LogP contribution in [0.15, 0.2) is 12.3 Å². The van der Waals surface area contributed by atoms with Gasteiger partial charge in [0.15, 0.2) is 0 Å². The predicted molar refractivity (Wildman–Crippen MR) is 50.0 cm³/mol. The standard InChI is InChI=1S/C8H9ClN2O2/c9-2-1-5-3-7(10)6(4-11-5)8(12)13/h3-4H,1-2H2,(H2,10,11)(H,12,13). The summed E-state index contributed by atoms with van der Waals surface area (Å²) >= 11 is 5.49. The van der Waals surface area contributed by atoms with Crippen LogP contribution in [-0.4, -0.2) is 21.9 Å². The van der Waals surface area contributed by atoms with Crippen LogP contribution in [0.4, 0.5) is 5.69 Å². The Labute approximate surface area is 80.3 Å². The lowest BCUT2D eigenvalue weighted by molar-refractivity contribution is 0.0697. The number of halogens is 1. The molecule has 70 valence electrons. The third kappa shape index (κ3) is 2.32. The van der Waals surface area contributed by atoms with E-state index < -0.39 is 5.97 Å². The second kappa shape index (κ2) is 4.09. The van der Waals surface area contributed by atoms with Crippen molar-refractivity contribution in [3.8, 4) is 0 Å². The second-order valence-corrected chi connectivity index (χ2v) is 2.88. The number of carbonyl (C=O) groups is 1. The van der Waals surface area contributed by atoms with Gasteiger partial charge < -0.3 is 10.8 Å². The number of nitrogens with zero attached hydrogens (tertiary/aromatic N) is 1. The van der Waals surface area contributed by atoms with Gasteiger partial charge in [-0.1, -0.05) is 0 Å². The summed E-state index contributed by atoms with van der Waals surface area (Å²) in [5, 5.41) is 8.64. The van der Waals surface area contributed by atoms with E-state index in [0.717, 1.165) is 0 Å². The number of hydrogen-bond donors (Lipinski definition) is 2. The van der Waals surface area contributed by atoms with E-state index in [9.17, 15) is 4.79 Å². The Morgan fingerprint density at radius 1 is 1.69 bits per heavy atom. The van der Waals surface area contributed by atoms with E-state index in [2.05, 4.69) is 4.98 Å². The minimum atomic E-state index is -1.07. The molecule has 1 aromatic rings. The summed E-state index contributed by atoms with van der Waals surface area (Å²) in [4.78, 5) is 14.5. The molecule has 0 aliphatic carbocycles. The van der Waals surface area contributed by atoms with E-state index in [0.29, 0.717) is 18.0 Å². The number of carboxylic acid groups (broad SMARTS) is 1. The Balaban J connectivity index is 2.98. The van der Waals surface area contributed by atoms with Crippen LogP contribution in [-0.2, 0) is 6.42 Å². The summed E-state index contributed by atoms with van der Waals surface area (Å²) in [6.45, 7) is 0. The number of aromatic nitrogens is 1. The third-order valence-corrected chi connectivity index (χ3v) is 1.76. The van der Waals surface area contributed by atoms with Crippen LogP contribution >= 0.6 is 11.6 Å². The van der Waals surface area contributed by atoms with Gasteiger partial charge in [0.2, 0.25) is 0 Å². The molecular formula is C8H9ClN2O2. The molecule has 0 atom stereocenters. The number of anilines is 1. The van der Waals surface area contributed by atoms with E-state index in [-0.39, 0.29) is 11.3 Å². The molecule has 0 amide bonds. The van der Waals surface area contributed by atoms with E-state index in [1.54, 1.807) is 0 Å². The highest BCUT2D eigenvalue weighted by Gasteiger charge is 2.08. The lowest BCUT2D eigenvalue weighted by Gasteiger charge is -2.02. The molecule has 1 heterocycles. The fourth-order valence-corrected chi connectivity index (χ4v) is 1.12. The highest BCUT2D eigenvalue weighted by molar-refractivity contribution is 6.17. The molecule has 0 radical (unpaired) electrons. The topological polar surface area (TPSA) is 76.2 Å². The van der Waals surface area contributed by atoms with E-state index in [1.165, 1.54) is 12.3 Å². The van der Waals surface area contributed by atoms with Crippen molar-refractivity contribution in [2.24, 2.45) is 0 Å². The fourth-order valence-electron chi connectivity index (χ4n) is 0.929. The van der Waals surface area contributed by atoms with Crippen LogP contribution in [0.2, 0.25) is 0 Å². The Morgan fingerprint density at radius 2 is 2.38 bits per heavy atom. The fraction of sp³-hybridized carbons (Fsp3) is 0.250. The molecule has 3 N–H and O–H groups in total. The summed E-state index contributed by atoms with van der Waals surface area (Å²) in [7, 11) is 0. The molecule has 0 aliphatic heterocycles. The summed E-state index contributed by atoms with van der Waals surface area (Å²) < 4.78 is 0. The Bertz CT molecular complexity index is 328. The van der Waals surface area contributed by atoms with Crippen LogP contribution < -0.4 is 5.73 Å². The number of hydrogen-bond acceptors (Lipinski definition) is 3. The van der Waals surface area contributed by atoms with Crippen molar-refractivity contribution in [3.63, 3.8) is 0 Å². The van der Waals surface area contributed by atoms with Crippen molar-refractivity contribution < 1.29 is 9.90 Å². The summed E-state index contributed by atoms with van der Waals surface area (Å²) in [6, 6.07) is 1.53. The van der Waals surface area contributed by atoms with E-state index in [1.807, 2.05) is 0 Å². The normalized spacial score (nSPS) is 9.92. The minimum Gasteiger partial charge on any atom is -0.478 e. The van der Waals surface area contributed by atoms with Gasteiger partial charge in [0.25, 0.3) is 0 Å². The minimum absolute atomic E-state index is 0.0262. The second-order valence-electron chi connectivity index (χ2n) is 2.51. The monoisotopic (exact) mass is 200 g/mol. The molecule has 1 rings (SSSR count). The summed E-state index contributed by atoms with van der Waals surface area (Å²) in [6.07, 6.45) is 1.84. The van der Waals surface area contributed by atoms with Crippen molar-refractivity contribution in [2.45, 2.75) is 6.42 Å². The van der Waals surface area contributed by atoms with Crippen molar-refractivity contribution in [2.75, 3.05) is 11.6 Å². The molecule has 0 aromatic carbocycles. The van der Waals surface area contributed by atoms with Gasteiger partial charge in [-0.2, -0.15) is 0 Å². The van der Waals surface area contributed by atoms with Crippen LogP contribution in [0, 0.1) is 0 Å². The van der Waals surface area contributed by atoms with Gasteiger partial charge in [-0.15, -0.1) is 11.6 Å². The molecule has 0 fully saturated rings. The van der Waals surface area contributed by atoms with E-state index >= 15 is 0 Å². The van der Waals surface area contributed by atoms with Crippen molar-refractivity contribution in [1.29, 1.82) is 0 Å². The van der Waals surface area contributed by atoms with Crippen molar-refractivity contribution in [1.82, 2.24) is 4.98 Å². The lowest BCUT2D eigenvalue weighted by atomic mass is 10.2. The maximum atomic E-state index is 10.5. The first kappa shape index (κ1) is 9.80. The number of pyridine rings is 1. The molecule has 0 spiro atoms. The average Bonchev–Trinajstić information content (AvgIpc) is 2.04. The van der Waals surface area contributed by atoms with Gasteiger partial charge in [0, 0.05) is 29.9 Å². The maximum absolute atomic E-state index is 10.5. The largest absolute Gasteiger partial charge is 0.478 e. The quantitative estimate of drug-likeness (QED) is 0.718. The number of nitrogens with two attached hydrogens (primary N) is 1. The van der Waals surface area contributed by atoms with Crippen LogP contribution in [0.25, 0.3) is 0 Å². The molecule has 0 bridgehead atoms. The van der Waals surface area contributed by atoms with Crippen molar-refractivity contribution in [3.05, 3.63) is 23.5 Å². The number of aromatic carboxylic acids is 1. The Kier molecular flexibility index (Phi) is 3.08. The summed E-state index contributed by atoms with van der Waals surface area (Å²) in [5.74, 6) is -0.624. The molecule has 5 heteroatoms. The molecule has 13 heavy (non-hydrogen) atoms. The maximum Gasteiger partial charge on any atom is 0.339 e. The van der Waals surface area contributed by atoms with Crippen LogP contribution in [0.5, 0.6) is 0 Å².